The Morgan fingerprint density at radius 3 is 2.23 bits per heavy atom. The largest absolute Gasteiger partial charge is 0.401 e. The molecule has 22 heavy (non-hydrogen) atoms. The molecular formula is C14H14F5N3. The van der Waals surface area contributed by atoms with Crippen molar-refractivity contribution in [2.75, 3.05) is 37.6 Å². The van der Waals surface area contributed by atoms with Crippen LogP contribution >= 0.6 is 0 Å². The zero-order valence-electron chi connectivity index (χ0n) is 11.6. The van der Waals surface area contributed by atoms with Gasteiger partial charge in [0.25, 0.3) is 0 Å². The van der Waals surface area contributed by atoms with Crippen LogP contribution in [0.2, 0.25) is 0 Å². The SMILES string of the molecule is N#Cc1cc(F)c(N2CCCN(CC(F)(F)F)CC2)c(F)c1. The summed E-state index contributed by atoms with van der Waals surface area (Å²) in [5.74, 6) is -1.75. The summed E-state index contributed by atoms with van der Waals surface area (Å²) in [6, 6.07) is 3.51. The van der Waals surface area contributed by atoms with E-state index in [-0.39, 0.29) is 37.4 Å². The van der Waals surface area contributed by atoms with Gasteiger partial charge in [0.15, 0.2) is 11.6 Å². The Hall–Kier alpha value is -1.88. The van der Waals surface area contributed by atoms with Crippen LogP contribution in [-0.2, 0) is 0 Å². The summed E-state index contributed by atoms with van der Waals surface area (Å²) in [5, 5.41) is 8.67. The first-order valence-electron chi connectivity index (χ1n) is 6.73. The van der Waals surface area contributed by atoms with Gasteiger partial charge in [-0.3, -0.25) is 4.90 Å². The fraction of sp³-hybridized carbons (Fsp3) is 0.500. The first kappa shape index (κ1) is 16.5. The molecule has 1 saturated heterocycles. The summed E-state index contributed by atoms with van der Waals surface area (Å²) in [5.41, 5.74) is -0.417. The van der Waals surface area contributed by atoms with Gasteiger partial charge in [-0.2, -0.15) is 18.4 Å². The van der Waals surface area contributed by atoms with Crippen LogP contribution in [0.3, 0.4) is 0 Å². The highest BCUT2D eigenvalue weighted by Crippen LogP contribution is 2.26. The Morgan fingerprint density at radius 2 is 1.68 bits per heavy atom. The van der Waals surface area contributed by atoms with E-state index in [0.717, 1.165) is 12.1 Å². The van der Waals surface area contributed by atoms with Gasteiger partial charge in [0.05, 0.1) is 18.2 Å². The van der Waals surface area contributed by atoms with Crippen molar-refractivity contribution < 1.29 is 22.0 Å². The fourth-order valence-electron chi connectivity index (χ4n) is 2.54. The van der Waals surface area contributed by atoms with E-state index < -0.39 is 24.4 Å². The minimum atomic E-state index is -4.29. The number of alkyl halides is 3. The first-order valence-corrected chi connectivity index (χ1v) is 6.73. The van der Waals surface area contributed by atoms with E-state index in [1.165, 1.54) is 9.80 Å². The Bertz CT molecular complexity index is 556. The summed E-state index contributed by atoms with van der Waals surface area (Å²) >= 11 is 0. The minimum absolute atomic E-state index is 0.0678. The van der Waals surface area contributed by atoms with Gasteiger partial charge in [-0.25, -0.2) is 8.78 Å². The molecule has 2 rings (SSSR count). The maximum absolute atomic E-state index is 14.0. The average Bonchev–Trinajstić information content (AvgIpc) is 2.62. The predicted molar refractivity (Wildman–Crippen MR) is 70.4 cm³/mol. The number of halogens is 5. The molecule has 1 heterocycles. The van der Waals surface area contributed by atoms with Gasteiger partial charge >= 0.3 is 6.18 Å². The van der Waals surface area contributed by atoms with Crippen LogP contribution < -0.4 is 4.90 Å². The Labute approximate surface area is 124 Å². The third-order valence-electron chi connectivity index (χ3n) is 3.45. The van der Waals surface area contributed by atoms with Gasteiger partial charge in [0.1, 0.15) is 5.69 Å². The fourth-order valence-corrected chi connectivity index (χ4v) is 2.54. The lowest BCUT2D eigenvalue weighted by atomic mass is 10.2. The Balaban J connectivity index is 2.13. The van der Waals surface area contributed by atoms with Crippen molar-refractivity contribution in [3.63, 3.8) is 0 Å². The summed E-state index contributed by atoms with van der Waals surface area (Å²) in [6.45, 7) is -0.392. The number of rotatable bonds is 2. The number of anilines is 1. The van der Waals surface area contributed by atoms with E-state index in [1.54, 1.807) is 6.07 Å². The van der Waals surface area contributed by atoms with Crippen molar-refractivity contribution >= 4 is 5.69 Å². The molecule has 8 heteroatoms. The summed E-state index contributed by atoms with van der Waals surface area (Å²) in [6.07, 6.45) is -3.92. The van der Waals surface area contributed by atoms with E-state index in [4.69, 9.17) is 5.26 Å². The maximum Gasteiger partial charge on any atom is 0.401 e. The van der Waals surface area contributed by atoms with Crippen molar-refractivity contribution in [1.29, 1.82) is 5.26 Å². The van der Waals surface area contributed by atoms with Crippen molar-refractivity contribution in [2.24, 2.45) is 0 Å². The van der Waals surface area contributed by atoms with Crippen molar-refractivity contribution in [2.45, 2.75) is 12.6 Å². The second-order valence-corrected chi connectivity index (χ2v) is 5.13. The highest BCUT2D eigenvalue weighted by atomic mass is 19.4. The average molecular weight is 319 g/mol. The molecule has 0 unspecified atom stereocenters. The molecule has 1 aromatic rings. The van der Waals surface area contributed by atoms with E-state index in [0.29, 0.717) is 6.42 Å². The molecule has 0 spiro atoms. The summed E-state index contributed by atoms with van der Waals surface area (Å²) in [4.78, 5) is 2.61. The summed E-state index contributed by atoms with van der Waals surface area (Å²) < 4.78 is 65.1. The molecule has 3 nitrogen and oxygen atoms in total. The normalized spacial score (nSPS) is 17.2. The monoisotopic (exact) mass is 319 g/mol. The third kappa shape index (κ3) is 4.07. The predicted octanol–water partition coefficient (Wildman–Crippen LogP) is 2.91. The van der Waals surface area contributed by atoms with Gasteiger partial charge in [-0.15, -0.1) is 0 Å². The highest BCUT2D eigenvalue weighted by Gasteiger charge is 2.32. The van der Waals surface area contributed by atoms with Crippen LogP contribution in [0.15, 0.2) is 12.1 Å². The van der Waals surface area contributed by atoms with Crippen LogP contribution in [-0.4, -0.2) is 43.8 Å². The van der Waals surface area contributed by atoms with E-state index >= 15 is 0 Å². The lowest BCUT2D eigenvalue weighted by molar-refractivity contribution is -0.145. The van der Waals surface area contributed by atoms with Crippen LogP contribution in [0.25, 0.3) is 0 Å². The number of nitrogens with zero attached hydrogens (tertiary/aromatic N) is 3. The maximum atomic E-state index is 14.0. The van der Waals surface area contributed by atoms with Crippen molar-refractivity contribution in [1.82, 2.24) is 4.90 Å². The molecule has 0 aliphatic carbocycles. The minimum Gasteiger partial charge on any atom is -0.365 e. The van der Waals surface area contributed by atoms with Crippen LogP contribution in [0, 0.1) is 23.0 Å². The number of hydrogen-bond acceptors (Lipinski definition) is 3. The van der Waals surface area contributed by atoms with Crippen molar-refractivity contribution in [3.05, 3.63) is 29.3 Å². The second kappa shape index (κ2) is 6.48. The molecule has 120 valence electrons. The van der Waals surface area contributed by atoms with E-state index in [9.17, 15) is 22.0 Å². The first-order chi connectivity index (χ1) is 10.3. The smallest absolute Gasteiger partial charge is 0.365 e. The number of benzene rings is 1. The quantitative estimate of drug-likeness (QED) is 0.785. The molecular weight excluding hydrogens is 305 g/mol. The zero-order chi connectivity index (χ0) is 16.3. The van der Waals surface area contributed by atoms with Crippen LogP contribution in [0.5, 0.6) is 0 Å². The van der Waals surface area contributed by atoms with Gasteiger partial charge in [0, 0.05) is 26.2 Å². The van der Waals surface area contributed by atoms with E-state index in [2.05, 4.69) is 0 Å². The van der Waals surface area contributed by atoms with Gasteiger partial charge in [0.2, 0.25) is 0 Å². The summed E-state index contributed by atoms with van der Waals surface area (Å²) in [7, 11) is 0. The highest BCUT2D eigenvalue weighted by molar-refractivity contribution is 5.52. The number of nitriles is 1. The van der Waals surface area contributed by atoms with Gasteiger partial charge < -0.3 is 4.90 Å². The molecule has 0 N–H and O–H groups in total. The molecule has 0 saturated carbocycles. The topological polar surface area (TPSA) is 30.3 Å². The van der Waals surface area contributed by atoms with Crippen LogP contribution in [0.1, 0.15) is 12.0 Å². The molecule has 0 aromatic heterocycles. The molecule has 1 aromatic carbocycles. The van der Waals surface area contributed by atoms with Gasteiger partial charge in [-0.1, -0.05) is 0 Å². The lowest BCUT2D eigenvalue weighted by Crippen LogP contribution is -2.37. The number of hydrogen-bond donors (Lipinski definition) is 0. The lowest BCUT2D eigenvalue weighted by Gasteiger charge is -2.25. The van der Waals surface area contributed by atoms with Gasteiger partial charge in [-0.05, 0) is 18.6 Å². The standard InChI is InChI=1S/C14H14F5N3/c15-11-6-10(8-20)7-12(16)13(11)22-3-1-2-21(4-5-22)9-14(17,18)19/h6-7H,1-5,9H2. The molecule has 0 atom stereocenters. The Kier molecular flexibility index (Phi) is 4.86. The Morgan fingerprint density at radius 1 is 1.05 bits per heavy atom. The molecule has 1 fully saturated rings. The molecule has 0 amide bonds. The van der Waals surface area contributed by atoms with Crippen molar-refractivity contribution in [3.8, 4) is 6.07 Å². The molecule has 1 aliphatic heterocycles. The third-order valence-corrected chi connectivity index (χ3v) is 3.45. The van der Waals surface area contributed by atoms with Crippen LogP contribution in [0.4, 0.5) is 27.6 Å². The van der Waals surface area contributed by atoms with E-state index in [1.807, 2.05) is 0 Å². The second-order valence-electron chi connectivity index (χ2n) is 5.13. The molecule has 1 aliphatic rings. The molecule has 0 radical (unpaired) electrons. The molecule has 0 bridgehead atoms. The zero-order valence-corrected chi connectivity index (χ0v) is 11.6.